The van der Waals surface area contributed by atoms with Gasteiger partial charge in [0.15, 0.2) is 0 Å². The zero-order chi connectivity index (χ0) is 18.9. The van der Waals surface area contributed by atoms with Gasteiger partial charge in [0, 0.05) is 11.4 Å². The zero-order valence-electron chi connectivity index (χ0n) is 13.9. The van der Waals surface area contributed by atoms with Crippen LogP contribution in [0.25, 0.3) is 0 Å². The molecule has 0 aliphatic rings. The van der Waals surface area contributed by atoms with Crippen molar-refractivity contribution in [1.29, 1.82) is 0 Å². The molecule has 26 heavy (non-hydrogen) atoms. The molecule has 0 saturated heterocycles. The minimum absolute atomic E-state index is 0.123. The molecule has 0 spiro atoms. The number of amides is 2. The summed E-state index contributed by atoms with van der Waals surface area (Å²) in [6, 6.07) is 12.3. The van der Waals surface area contributed by atoms with Crippen molar-refractivity contribution in [3.05, 3.63) is 57.8 Å². The number of nitrogens with one attached hydrogen (secondary N) is 2. The van der Waals surface area contributed by atoms with Crippen LogP contribution < -0.4 is 16.6 Å². The van der Waals surface area contributed by atoms with Crippen LogP contribution in [-0.4, -0.2) is 34.9 Å². The van der Waals surface area contributed by atoms with Gasteiger partial charge in [-0.15, -0.1) is 11.3 Å². The van der Waals surface area contributed by atoms with Gasteiger partial charge in [0.05, 0.1) is 11.0 Å². The molecule has 1 aromatic heterocycles. The van der Waals surface area contributed by atoms with Crippen LogP contribution in [0.1, 0.15) is 32.6 Å². The monoisotopic (exact) mass is 379 g/mol. The molecule has 0 saturated carbocycles. The maximum absolute atomic E-state index is 11.6. The first-order chi connectivity index (χ1) is 12.5. The van der Waals surface area contributed by atoms with Gasteiger partial charge in [0.1, 0.15) is 12.7 Å². The maximum atomic E-state index is 11.6. The number of thiophene rings is 1. The van der Waals surface area contributed by atoms with E-state index in [1.165, 1.54) is 6.07 Å². The molecule has 2 unspecified atom stereocenters. The fraction of sp³-hybridized carbons (Fsp3) is 0.294. The minimum atomic E-state index is -1.17. The Bertz CT molecular complexity index is 722. The highest BCUT2D eigenvalue weighted by Crippen LogP contribution is 2.26. The summed E-state index contributed by atoms with van der Waals surface area (Å²) in [5.41, 5.74) is 2.87. The van der Waals surface area contributed by atoms with Crippen LogP contribution in [0.3, 0.4) is 0 Å². The van der Waals surface area contributed by atoms with Gasteiger partial charge >= 0.3 is 6.09 Å². The lowest BCUT2D eigenvalue weighted by atomic mass is 10.1. The molecule has 0 radical (unpaired) electrons. The van der Waals surface area contributed by atoms with Gasteiger partial charge < -0.3 is 20.3 Å². The Balaban J connectivity index is 1.72. The Hall–Kier alpha value is -2.46. The molecule has 0 fully saturated rings. The molecule has 0 aliphatic carbocycles. The molecule has 6 N–H and O–H groups in total. The number of carbonyl (C=O) groups excluding carboxylic acids is 2. The Morgan fingerprint density at radius 2 is 1.88 bits per heavy atom. The number of hydrogen-bond acceptors (Lipinski definition) is 7. The molecule has 0 bridgehead atoms. The van der Waals surface area contributed by atoms with E-state index in [4.69, 9.17) is 10.6 Å². The van der Waals surface area contributed by atoms with Gasteiger partial charge in [0.25, 0.3) is 5.91 Å². The van der Waals surface area contributed by atoms with E-state index in [9.17, 15) is 19.8 Å². The lowest BCUT2D eigenvalue weighted by molar-refractivity contribution is 0.0157. The number of rotatable bonds is 8. The van der Waals surface area contributed by atoms with Crippen molar-refractivity contribution < 1.29 is 24.5 Å². The molecular formula is C17H21N3O5S. The Kier molecular flexibility index (Phi) is 7.54. The van der Waals surface area contributed by atoms with E-state index < -0.39 is 24.2 Å². The van der Waals surface area contributed by atoms with Gasteiger partial charge in [-0.25, -0.2) is 10.6 Å². The Morgan fingerprint density at radius 3 is 2.58 bits per heavy atom. The highest BCUT2D eigenvalue weighted by Gasteiger charge is 2.21. The van der Waals surface area contributed by atoms with E-state index in [0.29, 0.717) is 9.75 Å². The number of benzene rings is 1. The average molecular weight is 379 g/mol. The van der Waals surface area contributed by atoms with Gasteiger partial charge in [-0.2, -0.15) is 0 Å². The van der Waals surface area contributed by atoms with Gasteiger partial charge in [-0.05, 0) is 24.1 Å². The predicted octanol–water partition coefficient (Wildman–Crippen LogP) is 1.06. The van der Waals surface area contributed by atoms with Crippen LogP contribution in [0, 0.1) is 0 Å². The number of aliphatic hydroxyl groups excluding tert-OH is 2. The number of carbonyl (C=O) groups is 2. The predicted molar refractivity (Wildman–Crippen MR) is 96.2 cm³/mol. The molecule has 2 rings (SSSR count). The summed E-state index contributed by atoms with van der Waals surface area (Å²) in [6.45, 7) is 0.284. The Labute approximate surface area is 154 Å². The van der Waals surface area contributed by atoms with Crippen molar-refractivity contribution in [2.24, 2.45) is 5.84 Å². The molecule has 0 aliphatic heterocycles. The molecule has 2 atom stereocenters. The molecule has 9 heteroatoms. The largest absolute Gasteiger partial charge is 0.445 e. The second kappa shape index (κ2) is 9.88. The summed E-state index contributed by atoms with van der Waals surface area (Å²) in [7, 11) is 0. The first-order valence-corrected chi connectivity index (χ1v) is 8.74. The smallest absolute Gasteiger partial charge is 0.407 e. The number of alkyl carbamates (subject to hydrolysis) is 1. The third-order valence-electron chi connectivity index (χ3n) is 3.56. The summed E-state index contributed by atoms with van der Waals surface area (Å²) in [5.74, 6) is 4.58. The quantitative estimate of drug-likeness (QED) is 0.265. The summed E-state index contributed by atoms with van der Waals surface area (Å²) in [6.07, 6.45) is -2.75. The standard InChI is InChI=1S/C17H21N3O5S/c18-20-16(23)14-7-6-13(26-14)15(22)12(21)8-9-19-17(24)25-10-11-4-2-1-3-5-11/h1-7,12,15,21-22H,8-10,18H2,(H,19,24)(H,20,23). The van der Waals surface area contributed by atoms with Crippen molar-refractivity contribution in [2.75, 3.05) is 6.54 Å². The van der Waals surface area contributed by atoms with Crippen LogP contribution in [0.5, 0.6) is 0 Å². The molecule has 1 heterocycles. The summed E-state index contributed by atoms with van der Waals surface area (Å²) in [4.78, 5) is 23.8. The number of ether oxygens (including phenoxy) is 1. The second-order valence-corrected chi connectivity index (χ2v) is 6.58. The first-order valence-electron chi connectivity index (χ1n) is 7.92. The van der Waals surface area contributed by atoms with E-state index >= 15 is 0 Å². The summed E-state index contributed by atoms with van der Waals surface area (Å²) < 4.78 is 5.05. The van der Waals surface area contributed by atoms with Crippen molar-refractivity contribution >= 4 is 23.3 Å². The van der Waals surface area contributed by atoms with Crippen LogP contribution in [0.4, 0.5) is 4.79 Å². The first kappa shape index (κ1) is 19.9. The second-order valence-electron chi connectivity index (χ2n) is 5.46. The van der Waals surface area contributed by atoms with Gasteiger partial charge in [0.2, 0.25) is 0 Å². The molecule has 1 aromatic carbocycles. The van der Waals surface area contributed by atoms with Crippen LogP contribution in [0.15, 0.2) is 42.5 Å². The highest BCUT2D eigenvalue weighted by atomic mass is 32.1. The summed E-state index contributed by atoms with van der Waals surface area (Å²) >= 11 is 1.03. The molecule has 140 valence electrons. The van der Waals surface area contributed by atoms with E-state index in [2.05, 4.69) is 5.32 Å². The lowest BCUT2D eigenvalue weighted by Crippen LogP contribution is -2.29. The van der Waals surface area contributed by atoms with Crippen molar-refractivity contribution in [2.45, 2.75) is 25.2 Å². The van der Waals surface area contributed by atoms with Crippen molar-refractivity contribution in [1.82, 2.24) is 10.7 Å². The number of hydrazine groups is 1. The molecule has 2 amide bonds. The van der Waals surface area contributed by atoms with Crippen molar-refractivity contribution in [3.8, 4) is 0 Å². The van der Waals surface area contributed by atoms with Crippen LogP contribution in [0.2, 0.25) is 0 Å². The van der Waals surface area contributed by atoms with E-state index in [1.54, 1.807) is 6.07 Å². The summed E-state index contributed by atoms with van der Waals surface area (Å²) in [5, 5.41) is 22.7. The van der Waals surface area contributed by atoms with E-state index in [-0.39, 0.29) is 19.6 Å². The lowest BCUT2D eigenvalue weighted by Gasteiger charge is -2.16. The minimum Gasteiger partial charge on any atom is -0.445 e. The van der Waals surface area contributed by atoms with Crippen LogP contribution in [-0.2, 0) is 11.3 Å². The molecule has 8 nitrogen and oxygen atoms in total. The fourth-order valence-corrected chi connectivity index (χ4v) is 3.10. The van der Waals surface area contributed by atoms with Gasteiger partial charge in [-0.1, -0.05) is 30.3 Å². The molecule has 2 aromatic rings. The van der Waals surface area contributed by atoms with Crippen LogP contribution >= 0.6 is 11.3 Å². The molecular weight excluding hydrogens is 358 g/mol. The number of nitrogens with two attached hydrogens (primary N) is 1. The number of hydrogen-bond donors (Lipinski definition) is 5. The van der Waals surface area contributed by atoms with E-state index in [0.717, 1.165) is 16.9 Å². The number of nitrogen functional groups attached to an aromatic ring is 1. The van der Waals surface area contributed by atoms with E-state index in [1.807, 2.05) is 35.8 Å². The third kappa shape index (κ3) is 5.81. The third-order valence-corrected chi connectivity index (χ3v) is 4.71. The average Bonchev–Trinajstić information content (AvgIpc) is 3.16. The SMILES string of the molecule is NNC(=O)c1ccc(C(O)C(O)CCNC(=O)OCc2ccccc2)s1. The Morgan fingerprint density at radius 1 is 1.15 bits per heavy atom. The topological polar surface area (TPSA) is 134 Å². The highest BCUT2D eigenvalue weighted by molar-refractivity contribution is 7.14. The normalized spacial score (nSPS) is 12.9. The number of aliphatic hydroxyl groups is 2. The van der Waals surface area contributed by atoms with Gasteiger partial charge in [-0.3, -0.25) is 10.2 Å². The fourth-order valence-electron chi connectivity index (χ4n) is 2.15. The zero-order valence-corrected chi connectivity index (χ0v) is 14.7. The van der Waals surface area contributed by atoms with Crippen molar-refractivity contribution in [3.63, 3.8) is 0 Å². The maximum Gasteiger partial charge on any atom is 0.407 e.